The highest BCUT2D eigenvalue weighted by molar-refractivity contribution is 8.01. The summed E-state index contributed by atoms with van der Waals surface area (Å²) < 4.78 is 34.2. The maximum Gasteiger partial charge on any atom is 0.330 e. The molecule has 0 spiro atoms. The van der Waals surface area contributed by atoms with Crippen molar-refractivity contribution >= 4 is 57.2 Å². The highest BCUT2D eigenvalue weighted by Crippen LogP contribution is 2.56. The van der Waals surface area contributed by atoms with Gasteiger partial charge in [0, 0.05) is 18.2 Å². The van der Waals surface area contributed by atoms with Crippen molar-refractivity contribution in [2.45, 2.75) is 91.0 Å². The minimum Gasteiger partial charge on any atom is -0.480 e. The summed E-state index contributed by atoms with van der Waals surface area (Å²) in [6.07, 6.45) is -1.91. The number of rotatable bonds is 9. The first-order chi connectivity index (χ1) is 21.2. The number of nitrogens with two attached hydrogens (primary N) is 2. The topological polar surface area (TPSA) is 246 Å². The first-order valence-corrected chi connectivity index (χ1v) is 16.7. The van der Waals surface area contributed by atoms with E-state index >= 15 is 0 Å². The van der Waals surface area contributed by atoms with E-state index in [-0.39, 0.29) is 17.7 Å². The number of amides is 3. The third-order valence-corrected chi connectivity index (χ3v) is 13.6. The molecule has 4 saturated heterocycles. The SMILES string of the molecule is CC(=O)Oc1ccc(C(N)C(=O)NC2(C(CN)OC(=O)[C@@H]3N4C(=O)C[C@H]4S(=O)(=O)C3(C)C)C(=O)N3[C@@H](C(=O)O)C(C)(C)S[C@@H]32)cc1. The lowest BCUT2D eigenvalue weighted by Gasteiger charge is -2.55. The van der Waals surface area contributed by atoms with E-state index in [9.17, 15) is 42.3 Å². The summed E-state index contributed by atoms with van der Waals surface area (Å²) in [5, 5.41) is 10.3. The quantitative estimate of drug-likeness (QED) is 0.133. The van der Waals surface area contributed by atoms with Crippen LogP contribution in [0, 0.1) is 0 Å². The van der Waals surface area contributed by atoms with Gasteiger partial charge in [0.25, 0.3) is 5.91 Å². The predicted octanol–water partition coefficient (Wildman–Crippen LogP) is -1.38. The number of hydrogen-bond donors (Lipinski definition) is 4. The molecular formula is C28H35N5O11S2. The van der Waals surface area contributed by atoms with Gasteiger partial charge in [0.15, 0.2) is 15.4 Å². The molecule has 3 unspecified atom stereocenters. The summed E-state index contributed by atoms with van der Waals surface area (Å²) >= 11 is 1.05. The summed E-state index contributed by atoms with van der Waals surface area (Å²) in [6, 6.07) is 1.42. The number of aliphatic carboxylic acids is 1. The number of thioether (sulfide) groups is 1. The minimum absolute atomic E-state index is 0.198. The van der Waals surface area contributed by atoms with Crippen LogP contribution in [-0.4, -0.2) is 109 Å². The molecule has 5 rings (SSSR count). The number of benzene rings is 1. The van der Waals surface area contributed by atoms with Crippen LogP contribution in [0.2, 0.25) is 0 Å². The van der Waals surface area contributed by atoms with Gasteiger partial charge in [-0.05, 0) is 45.4 Å². The van der Waals surface area contributed by atoms with Crippen LogP contribution in [0.15, 0.2) is 24.3 Å². The van der Waals surface area contributed by atoms with Gasteiger partial charge in [-0.15, -0.1) is 11.8 Å². The zero-order valence-corrected chi connectivity index (χ0v) is 27.2. The molecule has 0 radical (unpaired) electrons. The van der Waals surface area contributed by atoms with Crippen molar-refractivity contribution in [1.82, 2.24) is 15.1 Å². The van der Waals surface area contributed by atoms with Gasteiger partial charge >= 0.3 is 17.9 Å². The molecule has 18 heteroatoms. The molecular weight excluding hydrogens is 646 g/mol. The number of ether oxygens (including phenoxy) is 2. The van der Waals surface area contributed by atoms with E-state index in [1.54, 1.807) is 13.8 Å². The van der Waals surface area contributed by atoms with E-state index in [4.69, 9.17) is 20.9 Å². The Hall–Kier alpha value is -3.74. The Balaban J connectivity index is 1.49. The molecule has 0 aromatic heterocycles. The van der Waals surface area contributed by atoms with Crippen LogP contribution in [0.1, 0.15) is 52.6 Å². The van der Waals surface area contributed by atoms with Crippen LogP contribution >= 0.6 is 11.8 Å². The van der Waals surface area contributed by atoms with Gasteiger partial charge in [-0.3, -0.25) is 19.2 Å². The van der Waals surface area contributed by atoms with Crippen molar-refractivity contribution in [3.63, 3.8) is 0 Å². The predicted molar refractivity (Wildman–Crippen MR) is 160 cm³/mol. The Bertz CT molecular complexity index is 1650. The molecule has 1 aromatic carbocycles. The summed E-state index contributed by atoms with van der Waals surface area (Å²) in [5.74, 6) is -5.17. The number of nitrogens with zero attached hydrogens (tertiary/aromatic N) is 2. The van der Waals surface area contributed by atoms with Gasteiger partial charge < -0.3 is 41.2 Å². The van der Waals surface area contributed by atoms with Gasteiger partial charge in [0.05, 0.1) is 11.2 Å². The van der Waals surface area contributed by atoms with Gasteiger partial charge in [0.1, 0.15) is 40.7 Å². The molecule has 250 valence electrons. The van der Waals surface area contributed by atoms with E-state index < -0.39 is 102 Å². The largest absolute Gasteiger partial charge is 0.480 e. The lowest BCUT2D eigenvalue weighted by Crippen LogP contribution is -2.85. The molecule has 16 nitrogen and oxygen atoms in total. The number of fused-ring (bicyclic) bond motifs is 2. The van der Waals surface area contributed by atoms with Crippen LogP contribution in [-0.2, 0) is 43.3 Å². The monoisotopic (exact) mass is 681 g/mol. The number of carboxylic acids is 1. The molecule has 4 heterocycles. The first-order valence-electron chi connectivity index (χ1n) is 14.3. The Morgan fingerprint density at radius 2 is 1.70 bits per heavy atom. The number of carboxylic acid groups (broad SMARTS) is 1. The van der Waals surface area contributed by atoms with Crippen LogP contribution in [0.4, 0.5) is 0 Å². The average Bonchev–Trinajstić information content (AvgIpc) is 3.30. The summed E-state index contributed by atoms with van der Waals surface area (Å²) in [7, 11) is -3.98. The van der Waals surface area contributed by atoms with Crippen LogP contribution < -0.4 is 21.5 Å². The molecule has 6 N–H and O–H groups in total. The second kappa shape index (κ2) is 10.9. The fourth-order valence-corrected chi connectivity index (χ4v) is 10.5. The molecule has 0 aliphatic carbocycles. The van der Waals surface area contributed by atoms with Gasteiger partial charge in [-0.25, -0.2) is 18.0 Å². The Kier molecular flexibility index (Phi) is 7.98. The normalized spacial score (nSPS) is 31.0. The van der Waals surface area contributed by atoms with E-state index in [1.165, 1.54) is 45.0 Å². The van der Waals surface area contributed by atoms with E-state index in [2.05, 4.69) is 5.32 Å². The standard InChI is InChI=1S/C28H35N5O11S2/c1-12(34)43-14-8-6-13(7-9-14)18(30)21(36)31-28(24(40)33-19(22(37)38)26(2,3)45-25(28)33)15(11-29)44-23(39)20-27(4,5)46(41,42)17-10-16(35)32(17)20/h6-9,15,17-20,25H,10-11,29-30H2,1-5H3,(H,31,36)(H,37,38)/t15?,17-,18?,19+,20+,25-,28?/m1/s1. The Morgan fingerprint density at radius 3 is 2.22 bits per heavy atom. The molecule has 4 fully saturated rings. The third-order valence-electron chi connectivity index (χ3n) is 9.11. The van der Waals surface area contributed by atoms with Crippen molar-refractivity contribution in [3.8, 4) is 5.75 Å². The molecule has 0 bridgehead atoms. The van der Waals surface area contributed by atoms with Gasteiger partial charge in [-0.2, -0.15) is 0 Å². The molecule has 3 amide bonds. The highest BCUT2D eigenvalue weighted by Gasteiger charge is 2.76. The fourth-order valence-electron chi connectivity index (χ4n) is 6.66. The second-order valence-corrected chi connectivity index (χ2v) is 17.1. The van der Waals surface area contributed by atoms with Crippen LogP contribution in [0.25, 0.3) is 0 Å². The third kappa shape index (κ3) is 4.67. The molecule has 4 aliphatic heterocycles. The molecule has 4 aliphatic rings. The van der Waals surface area contributed by atoms with Crippen LogP contribution in [0.5, 0.6) is 5.75 Å². The van der Waals surface area contributed by atoms with Gasteiger partial charge in [-0.1, -0.05) is 12.1 Å². The van der Waals surface area contributed by atoms with Crippen molar-refractivity contribution in [1.29, 1.82) is 0 Å². The van der Waals surface area contributed by atoms with Gasteiger partial charge in [0.2, 0.25) is 11.8 Å². The number of esters is 2. The smallest absolute Gasteiger partial charge is 0.330 e. The van der Waals surface area contributed by atoms with E-state index in [1.807, 2.05) is 0 Å². The van der Waals surface area contributed by atoms with Crippen molar-refractivity contribution in [3.05, 3.63) is 29.8 Å². The van der Waals surface area contributed by atoms with Crippen molar-refractivity contribution in [2.24, 2.45) is 11.5 Å². The lowest BCUT2D eigenvalue weighted by molar-refractivity contribution is -0.187. The summed E-state index contributed by atoms with van der Waals surface area (Å²) in [5.41, 5.74) is 10.5. The number of carbonyl (C=O) groups is 6. The summed E-state index contributed by atoms with van der Waals surface area (Å²) in [6.45, 7) is 6.47. The average molecular weight is 682 g/mol. The van der Waals surface area contributed by atoms with Crippen molar-refractivity contribution in [2.75, 3.05) is 6.54 Å². The lowest BCUT2D eigenvalue weighted by atomic mass is 9.79. The maximum atomic E-state index is 14.1. The number of β-lactam (4-membered cyclic amide) rings is 2. The minimum atomic E-state index is -3.98. The molecule has 1 aromatic rings. The molecule has 7 atom stereocenters. The zero-order chi connectivity index (χ0) is 34.3. The number of nitrogens with one attached hydrogen (secondary N) is 1. The van der Waals surface area contributed by atoms with E-state index in [0.717, 1.165) is 21.6 Å². The molecule has 46 heavy (non-hydrogen) atoms. The number of sulfone groups is 1. The Labute approximate surface area is 268 Å². The first kappa shape index (κ1) is 33.6. The highest BCUT2D eigenvalue weighted by atomic mass is 32.2. The zero-order valence-electron chi connectivity index (χ0n) is 25.6. The second-order valence-electron chi connectivity index (χ2n) is 12.7. The van der Waals surface area contributed by atoms with Crippen LogP contribution in [0.3, 0.4) is 0 Å². The number of hydrogen-bond acceptors (Lipinski definition) is 13. The maximum absolute atomic E-state index is 14.1. The van der Waals surface area contributed by atoms with Crippen molar-refractivity contribution < 1.29 is 51.8 Å². The summed E-state index contributed by atoms with van der Waals surface area (Å²) in [4.78, 5) is 79.5. The Morgan fingerprint density at radius 1 is 1.09 bits per heavy atom. The van der Waals surface area contributed by atoms with E-state index in [0.29, 0.717) is 0 Å². The fraction of sp³-hybridized carbons (Fsp3) is 0.571. The number of carbonyl (C=O) groups excluding carboxylic acids is 5. The molecule has 0 saturated carbocycles.